The Kier molecular flexibility index (Phi) is 4.14. The third kappa shape index (κ3) is 2.95. The SMILES string of the molecule is COc1ccc2c(OCc3nnc4ccc(-c5cccs5)cn34)ccnc2c1. The van der Waals surface area contributed by atoms with Gasteiger partial charge in [0.1, 0.15) is 18.1 Å². The predicted molar refractivity (Wildman–Crippen MR) is 109 cm³/mol. The van der Waals surface area contributed by atoms with Crippen LogP contribution in [0.25, 0.3) is 27.0 Å². The largest absolute Gasteiger partial charge is 0.497 e. The number of hydrogen-bond acceptors (Lipinski definition) is 6. The Hall–Kier alpha value is -3.45. The molecule has 7 heteroatoms. The standard InChI is InChI=1S/C21H16N4O2S/c1-26-15-5-6-16-17(11-15)22-9-8-18(16)27-13-21-24-23-20-7-4-14(12-25(20)21)19-3-2-10-28-19/h2-12H,13H2,1H3. The first-order valence-electron chi connectivity index (χ1n) is 8.75. The second-order valence-electron chi connectivity index (χ2n) is 6.22. The Bertz CT molecular complexity index is 1260. The number of pyridine rings is 2. The van der Waals surface area contributed by atoms with Crippen LogP contribution in [0.4, 0.5) is 0 Å². The molecular formula is C21H16N4O2S. The number of rotatable bonds is 5. The summed E-state index contributed by atoms with van der Waals surface area (Å²) in [4.78, 5) is 5.60. The van der Waals surface area contributed by atoms with Crippen LogP contribution in [-0.2, 0) is 6.61 Å². The van der Waals surface area contributed by atoms with E-state index in [0.717, 1.165) is 39.4 Å². The lowest BCUT2D eigenvalue weighted by Crippen LogP contribution is -2.02. The van der Waals surface area contributed by atoms with Crippen LogP contribution in [-0.4, -0.2) is 26.7 Å². The molecular weight excluding hydrogens is 372 g/mol. The molecule has 0 saturated heterocycles. The first-order chi connectivity index (χ1) is 13.8. The van der Waals surface area contributed by atoms with Gasteiger partial charge in [0, 0.05) is 34.3 Å². The molecule has 0 aliphatic carbocycles. The van der Waals surface area contributed by atoms with Crippen molar-refractivity contribution in [2.75, 3.05) is 7.11 Å². The van der Waals surface area contributed by atoms with Crippen molar-refractivity contribution in [2.45, 2.75) is 6.61 Å². The summed E-state index contributed by atoms with van der Waals surface area (Å²) in [6, 6.07) is 15.8. The van der Waals surface area contributed by atoms with Crippen LogP contribution in [0, 0.1) is 0 Å². The van der Waals surface area contributed by atoms with E-state index in [-0.39, 0.29) is 0 Å². The van der Waals surface area contributed by atoms with Crippen molar-refractivity contribution in [3.8, 4) is 21.9 Å². The van der Waals surface area contributed by atoms with Gasteiger partial charge in [-0.3, -0.25) is 9.38 Å². The Morgan fingerprint density at radius 2 is 2.04 bits per heavy atom. The smallest absolute Gasteiger partial charge is 0.175 e. The molecule has 0 unspecified atom stereocenters. The van der Waals surface area contributed by atoms with E-state index in [4.69, 9.17) is 9.47 Å². The van der Waals surface area contributed by atoms with Crippen LogP contribution in [0.15, 0.2) is 66.3 Å². The normalized spacial score (nSPS) is 11.2. The summed E-state index contributed by atoms with van der Waals surface area (Å²) in [7, 11) is 1.64. The molecule has 0 saturated carbocycles. The van der Waals surface area contributed by atoms with Gasteiger partial charge in [-0.1, -0.05) is 6.07 Å². The summed E-state index contributed by atoms with van der Waals surface area (Å²) in [6.07, 6.45) is 3.78. The number of nitrogens with zero attached hydrogens (tertiary/aromatic N) is 4. The topological polar surface area (TPSA) is 61.5 Å². The average Bonchev–Trinajstić information content (AvgIpc) is 3.41. The third-order valence-corrected chi connectivity index (χ3v) is 5.46. The molecule has 138 valence electrons. The van der Waals surface area contributed by atoms with E-state index in [9.17, 15) is 0 Å². The van der Waals surface area contributed by atoms with Crippen LogP contribution in [0.1, 0.15) is 5.82 Å². The lowest BCUT2D eigenvalue weighted by molar-refractivity contribution is 0.298. The molecule has 1 aromatic carbocycles. The molecule has 0 spiro atoms. The molecule has 6 nitrogen and oxygen atoms in total. The van der Waals surface area contributed by atoms with Gasteiger partial charge in [0.25, 0.3) is 0 Å². The van der Waals surface area contributed by atoms with Gasteiger partial charge in [0.2, 0.25) is 0 Å². The minimum atomic E-state index is 0.306. The quantitative estimate of drug-likeness (QED) is 0.441. The van der Waals surface area contributed by atoms with Gasteiger partial charge in [-0.2, -0.15) is 0 Å². The zero-order chi connectivity index (χ0) is 18.9. The van der Waals surface area contributed by atoms with Crippen molar-refractivity contribution in [1.82, 2.24) is 19.6 Å². The van der Waals surface area contributed by atoms with Crippen molar-refractivity contribution in [3.05, 3.63) is 72.1 Å². The predicted octanol–water partition coefficient (Wildman–Crippen LogP) is 4.59. The first kappa shape index (κ1) is 16.7. The zero-order valence-corrected chi connectivity index (χ0v) is 15.9. The van der Waals surface area contributed by atoms with Crippen LogP contribution in [0.2, 0.25) is 0 Å². The summed E-state index contributed by atoms with van der Waals surface area (Å²) in [6.45, 7) is 0.306. The van der Waals surface area contributed by atoms with Gasteiger partial charge in [0.15, 0.2) is 11.5 Å². The first-order valence-corrected chi connectivity index (χ1v) is 9.63. The second kappa shape index (κ2) is 6.94. The van der Waals surface area contributed by atoms with Gasteiger partial charge in [-0.25, -0.2) is 0 Å². The van der Waals surface area contributed by atoms with Crippen molar-refractivity contribution >= 4 is 27.9 Å². The molecule has 5 aromatic rings. The number of fused-ring (bicyclic) bond motifs is 2. The molecule has 0 atom stereocenters. The van der Waals surface area contributed by atoms with Crippen molar-refractivity contribution < 1.29 is 9.47 Å². The van der Waals surface area contributed by atoms with Gasteiger partial charge >= 0.3 is 0 Å². The summed E-state index contributed by atoms with van der Waals surface area (Å²) >= 11 is 1.71. The highest BCUT2D eigenvalue weighted by Crippen LogP contribution is 2.28. The molecule has 0 radical (unpaired) electrons. The Balaban J connectivity index is 1.46. The van der Waals surface area contributed by atoms with Crippen molar-refractivity contribution in [1.29, 1.82) is 0 Å². The summed E-state index contributed by atoms with van der Waals surface area (Å²) < 4.78 is 13.3. The van der Waals surface area contributed by atoms with E-state index < -0.39 is 0 Å². The molecule has 0 N–H and O–H groups in total. The molecule has 28 heavy (non-hydrogen) atoms. The molecule has 4 heterocycles. The zero-order valence-electron chi connectivity index (χ0n) is 15.1. The van der Waals surface area contributed by atoms with Crippen LogP contribution in [0.3, 0.4) is 0 Å². The van der Waals surface area contributed by atoms with E-state index in [1.54, 1.807) is 24.6 Å². The molecule has 0 bridgehead atoms. The minimum Gasteiger partial charge on any atom is -0.497 e. The number of benzene rings is 1. The van der Waals surface area contributed by atoms with E-state index in [1.165, 1.54) is 4.88 Å². The number of aromatic nitrogens is 4. The van der Waals surface area contributed by atoms with Crippen LogP contribution < -0.4 is 9.47 Å². The fourth-order valence-corrected chi connectivity index (χ4v) is 3.84. The van der Waals surface area contributed by atoms with E-state index >= 15 is 0 Å². The Labute approximate surface area is 165 Å². The summed E-state index contributed by atoms with van der Waals surface area (Å²) in [5.41, 5.74) is 2.75. The molecule has 0 aliphatic heterocycles. The average molecular weight is 388 g/mol. The molecule has 0 fully saturated rings. The maximum absolute atomic E-state index is 6.07. The highest BCUT2D eigenvalue weighted by molar-refractivity contribution is 7.13. The van der Waals surface area contributed by atoms with Crippen LogP contribution >= 0.6 is 11.3 Å². The lowest BCUT2D eigenvalue weighted by Gasteiger charge is -2.09. The molecule has 4 aromatic heterocycles. The van der Waals surface area contributed by atoms with E-state index in [1.807, 2.05) is 40.8 Å². The molecule has 0 amide bonds. The summed E-state index contributed by atoms with van der Waals surface area (Å²) in [5.74, 6) is 2.26. The fourth-order valence-electron chi connectivity index (χ4n) is 3.12. The Morgan fingerprint density at radius 3 is 2.89 bits per heavy atom. The maximum Gasteiger partial charge on any atom is 0.175 e. The van der Waals surface area contributed by atoms with Crippen molar-refractivity contribution in [2.24, 2.45) is 0 Å². The van der Waals surface area contributed by atoms with E-state index in [0.29, 0.717) is 6.61 Å². The summed E-state index contributed by atoms with van der Waals surface area (Å²) in [5, 5.41) is 11.5. The van der Waals surface area contributed by atoms with Gasteiger partial charge in [-0.05, 0) is 41.8 Å². The minimum absolute atomic E-state index is 0.306. The van der Waals surface area contributed by atoms with Crippen molar-refractivity contribution in [3.63, 3.8) is 0 Å². The monoisotopic (exact) mass is 388 g/mol. The number of ether oxygens (including phenoxy) is 2. The molecule has 0 aliphatic rings. The fraction of sp³-hybridized carbons (Fsp3) is 0.0952. The number of methoxy groups -OCH3 is 1. The van der Waals surface area contributed by atoms with Gasteiger partial charge < -0.3 is 9.47 Å². The third-order valence-electron chi connectivity index (χ3n) is 4.55. The van der Waals surface area contributed by atoms with Gasteiger partial charge in [-0.15, -0.1) is 21.5 Å². The van der Waals surface area contributed by atoms with E-state index in [2.05, 4.69) is 38.9 Å². The van der Waals surface area contributed by atoms with Crippen LogP contribution in [0.5, 0.6) is 11.5 Å². The molecule has 5 rings (SSSR count). The van der Waals surface area contributed by atoms with Gasteiger partial charge in [0.05, 0.1) is 12.6 Å². The highest BCUT2D eigenvalue weighted by Gasteiger charge is 2.10. The number of hydrogen-bond donors (Lipinski definition) is 0. The lowest BCUT2D eigenvalue weighted by atomic mass is 10.2. The maximum atomic E-state index is 6.07. The Morgan fingerprint density at radius 1 is 1.07 bits per heavy atom. The highest BCUT2D eigenvalue weighted by atomic mass is 32.1. The second-order valence-corrected chi connectivity index (χ2v) is 7.17. The number of thiophene rings is 1.